The minimum Gasteiger partial charge on any atom is -0.493 e. The van der Waals surface area contributed by atoms with Crippen molar-refractivity contribution in [2.24, 2.45) is 0 Å². The van der Waals surface area contributed by atoms with Gasteiger partial charge in [-0.15, -0.1) is 11.3 Å². The monoisotopic (exact) mass is 509 g/mol. The van der Waals surface area contributed by atoms with Crippen LogP contribution in [0.25, 0.3) is 22.4 Å². The molecule has 5 rings (SSSR count). The smallest absolute Gasteiger partial charge is 0.251 e. The second-order valence-electron chi connectivity index (χ2n) is 8.84. The second-order valence-corrected chi connectivity index (χ2v) is 9.70. The quantitative estimate of drug-likeness (QED) is 0.385. The number of anilines is 1. The Kier molecular flexibility index (Phi) is 6.66. The fourth-order valence-corrected chi connectivity index (χ4v) is 4.87. The minimum atomic E-state index is -0.721. The number of pyridine rings is 1. The van der Waals surface area contributed by atoms with Gasteiger partial charge in [0.25, 0.3) is 5.91 Å². The van der Waals surface area contributed by atoms with E-state index in [1.807, 2.05) is 48.7 Å². The molecule has 2 aromatic heterocycles. The molecule has 1 atom stereocenters. The molecule has 4 aromatic rings. The Morgan fingerprint density at radius 3 is 2.73 bits per heavy atom. The normalized spacial score (nSPS) is 16.1. The second kappa shape index (κ2) is 10.2. The number of nitriles is 1. The van der Waals surface area contributed by atoms with Gasteiger partial charge in [0.2, 0.25) is 5.91 Å². The summed E-state index contributed by atoms with van der Waals surface area (Å²) in [6.45, 7) is 2.08. The molecule has 2 aromatic carbocycles. The Bertz CT molecular complexity index is 1510. The fourth-order valence-electron chi connectivity index (χ4n) is 4.14. The molecule has 184 valence electrons. The molecule has 37 heavy (non-hydrogen) atoms. The maximum Gasteiger partial charge on any atom is 0.251 e. The van der Waals surface area contributed by atoms with E-state index in [4.69, 9.17) is 4.74 Å². The molecule has 0 saturated heterocycles. The highest BCUT2D eigenvalue weighted by Crippen LogP contribution is 2.38. The van der Waals surface area contributed by atoms with Crippen LogP contribution in [0.15, 0.2) is 72.4 Å². The SMILES string of the molecule is C[C@@]1(C#N)CCOc2ccc(C(=O)NCC(=O)Nc3nc(-c4cccc(-c5ccncc5)c4)cs3)cc21. The molecule has 0 saturated carbocycles. The van der Waals surface area contributed by atoms with Gasteiger partial charge in [0.1, 0.15) is 5.75 Å². The third-order valence-electron chi connectivity index (χ3n) is 6.27. The van der Waals surface area contributed by atoms with E-state index in [1.54, 1.807) is 30.6 Å². The van der Waals surface area contributed by atoms with Crippen LogP contribution in [-0.4, -0.2) is 34.9 Å². The van der Waals surface area contributed by atoms with Crippen LogP contribution in [-0.2, 0) is 10.2 Å². The van der Waals surface area contributed by atoms with Crippen molar-refractivity contribution < 1.29 is 14.3 Å². The van der Waals surface area contributed by atoms with Gasteiger partial charge in [0.05, 0.1) is 30.3 Å². The minimum absolute atomic E-state index is 0.214. The number of carbonyl (C=O) groups is 2. The van der Waals surface area contributed by atoms with Gasteiger partial charge < -0.3 is 15.4 Å². The topological polar surface area (TPSA) is 117 Å². The Balaban J connectivity index is 1.21. The van der Waals surface area contributed by atoms with E-state index in [-0.39, 0.29) is 12.5 Å². The summed E-state index contributed by atoms with van der Waals surface area (Å²) in [7, 11) is 0. The highest BCUT2D eigenvalue weighted by molar-refractivity contribution is 7.14. The number of carbonyl (C=O) groups excluding carboxylic acids is 2. The van der Waals surface area contributed by atoms with E-state index in [0.29, 0.717) is 35.0 Å². The third kappa shape index (κ3) is 5.20. The first-order valence-electron chi connectivity index (χ1n) is 11.7. The summed E-state index contributed by atoms with van der Waals surface area (Å²) < 4.78 is 5.63. The van der Waals surface area contributed by atoms with Crippen LogP contribution in [0.3, 0.4) is 0 Å². The van der Waals surface area contributed by atoms with Crippen LogP contribution in [0.4, 0.5) is 5.13 Å². The number of aromatic nitrogens is 2. The molecule has 0 spiro atoms. The Morgan fingerprint density at radius 1 is 1.11 bits per heavy atom. The molecule has 3 heterocycles. The van der Waals surface area contributed by atoms with Crippen molar-refractivity contribution in [3.05, 3.63) is 83.5 Å². The zero-order valence-corrected chi connectivity index (χ0v) is 20.8. The van der Waals surface area contributed by atoms with Gasteiger partial charge in [-0.1, -0.05) is 18.2 Å². The van der Waals surface area contributed by atoms with Crippen LogP contribution in [0, 0.1) is 11.3 Å². The molecule has 1 aliphatic rings. The first-order valence-corrected chi connectivity index (χ1v) is 12.6. The molecule has 0 fully saturated rings. The first kappa shape index (κ1) is 24.2. The third-order valence-corrected chi connectivity index (χ3v) is 7.03. The number of rotatable bonds is 6. The van der Waals surface area contributed by atoms with E-state index < -0.39 is 11.3 Å². The number of hydrogen-bond acceptors (Lipinski definition) is 7. The summed E-state index contributed by atoms with van der Waals surface area (Å²) in [6.07, 6.45) is 4.05. The average Bonchev–Trinajstić information content (AvgIpc) is 3.41. The van der Waals surface area contributed by atoms with Gasteiger partial charge in [0, 0.05) is 40.9 Å². The van der Waals surface area contributed by atoms with Crippen molar-refractivity contribution in [1.29, 1.82) is 5.26 Å². The van der Waals surface area contributed by atoms with Gasteiger partial charge in [-0.05, 0) is 54.4 Å². The lowest BCUT2D eigenvalue weighted by Gasteiger charge is -2.30. The lowest BCUT2D eigenvalue weighted by molar-refractivity contribution is -0.115. The molecule has 0 bridgehead atoms. The Morgan fingerprint density at radius 2 is 1.92 bits per heavy atom. The molecule has 0 radical (unpaired) electrons. The molecule has 0 unspecified atom stereocenters. The molecule has 0 aliphatic carbocycles. The molecule has 8 nitrogen and oxygen atoms in total. The number of ether oxygens (including phenoxy) is 1. The van der Waals surface area contributed by atoms with Crippen LogP contribution in [0.1, 0.15) is 29.3 Å². The van der Waals surface area contributed by atoms with Crippen molar-refractivity contribution in [3.8, 4) is 34.2 Å². The molecule has 1 aliphatic heterocycles. The number of nitrogens with one attached hydrogen (secondary N) is 2. The number of thiazole rings is 1. The lowest BCUT2D eigenvalue weighted by Crippen LogP contribution is -2.33. The van der Waals surface area contributed by atoms with E-state index in [0.717, 1.165) is 22.4 Å². The van der Waals surface area contributed by atoms with Crippen molar-refractivity contribution in [2.75, 3.05) is 18.5 Å². The van der Waals surface area contributed by atoms with Gasteiger partial charge in [-0.2, -0.15) is 5.26 Å². The van der Waals surface area contributed by atoms with Crippen molar-refractivity contribution in [3.63, 3.8) is 0 Å². The summed E-state index contributed by atoms with van der Waals surface area (Å²) in [5, 5.41) is 17.3. The molecule has 9 heteroatoms. The highest BCUT2D eigenvalue weighted by atomic mass is 32.1. The van der Waals surface area contributed by atoms with Gasteiger partial charge >= 0.3 is 0 Å². The average molecular weight is 510 g/mol. The molecule has 2 N–H and O–H groups in total. The summed E-state index contributed by atoms with van der Waals surface area (Å²) in [5.41, 5.74) is 4.11. The largest absolute Gasteiger partial charge is 0.493 e. The molecule has 2 amide bonds. The number of fused-ring (bicyclic) bond motifs is 1. The van der Waals surface area contributed by atoms with Crippen LogP contribution < -0.4 is 15.4 Å². The van der Waals surface area contributed by atoms with Crippen molar-refractivity contribution >= 4 is 28.3 Å². The fraction of sp³-hybridized carbons (Fsp3) is 0.179. The number of amides is 2. The first-order chi connectivity index (χ1) is 17.9. The highest BCUT2D eigenvalue weighted by Gasteiger charge is 2.34. The zero-order valence-electron chi connectivity index (χ0n) is 20.0. The Hall–Kier alpha value is -4.55. The zero-order chi connectivity index (χ0) is 25.8. The summed E-state index contributed by atoms with van der Waals surface area (Å²) in [6, 6.07) is 19.2. The van der Waals surface area contributed by atoms with Crippen molar-refractivity contribution in [1.82, 2.24) is 15.3 Å². The summed E-state index contributed by atoms with van der Waals surface area (Å²) >= 11 is 1.31. The maximum absolute atomic E-state index is 12.7. The summed E-state index contributed by atoms with van der Waals surface area (Å²) in [5.74, 6) is -0.185. The van der Waals surface area contributed by atoms with E-state index >= 15 is 0 Å². The predicted molar refractivity (Wildman–Crippen MR) is 141 cm³/mol. The van der Waals surface area contributed by atoms with Gasteiger partial charge in [0.15, 0.2) is 5.13 Å². The molecular weight excluding hydrogens is 486 g/mol. The maximum atomic E-state index is 12.7. The van der Waals surface area contributed by atoms with Crippen LogP contribution >= 0.6 is 11.3 Å². The Labute approximate surface area is 218 Å². The van der Waals surface area contributed by atoms with E-state index in [1.165, 1.54) is 11.3 Å². The lowest BCUT2D eigenvalue weighted by atomic mass is 9.78. The summed E-state index contributed by atoms with van der Waals surface area (Å²) in [4.78, 5) is 33.8. The van der Waals surface area contributed by atoms with Gasteiger partial charge in [-0.3, -0.25) is 14.6 Å². The standard InChI is InChI=1S/C28H23N5O3S/c1-28(17-29)9-12-36-24-6-5-21(14-22(24)28)26(35)31-15-25(34)33-27-32-23(16-37-27)20-4-2-3-19(13-20)18-7-10-30-11-8-18/h2-8,10-11,13-14,16H,9,12,15H2,1H3,(H,31,35)(H,32,33,34)/t28-/m0/s1. The van der Waals surface area contributed by atoms with Crippen LogP contribution in [0.5, 0.6) is 5.75 Å². The predicted octanol–water partition coefficient (Wildman–Crippen LogP) is 4.80. The van der Waals surface area contributed by atoms with E-state index in [9.17, 15) is 14.9 Å². The number of nitrogens with zero attached hydrogens (tertiary/aromatic N) is 3. The van der Waals surface area contributed by atoms with Gasteiger partial charge in [-0.25, -0.2) is 4.98 Å². The van der Waals surface area contributed by atoms with Crippen LogP contribution in [0.2, 0.25) is 0 Å². The van der Waals surface area contributed by atoms with Crippen molar-refractivity contribution in [2.45, 2.75) is 18.8 Å². The number of hydrogen-bond donors (Lipinski definition) is 2. The van der Waals surface area contributed by atoms with E-state index in [2.05, 4.69) is 26.7 Å². The number of benzene rings is 2. The molecular formula is C28H23N5O3S.